The fourth-order valence-electron chi connectivity index (χ4n) is 8.59. The molecular formula is C37H44F2N8O3. The van der Waals surface area contributed by atoms with Crippen LogP contribution in [0.5, 0.6) is 11.8 Å². The molecule has 6 heterocycles. The van der Waals surface area contributed by atoms with E-state index in [0.29, 0.717) is 70.0 Å². The van der Waals surface area contributed by atoms with Gasteiger partial charge < -0.3 is 19.6 Å². The monoisotopic (exact) mass is 686 g/mol. The number of phenols is 1. The summed E-state index contributed by atoms with van der Waals surface area (Å²) < 4.78 is 38.1. The highest BCUT2D eigenvalue weighted by Gasteiger charge is 2.49. The number of hydrogen-bond donors (Lipinski definition) is 1. The molecule has 0 bridgehead atoms. The van der Waals surface area contributed by atoms with Crippen LogP contribution in [0.4, 0.5) is 26.1 Å². The lowest BCUT2D eigenvalue weighted by molar-refractivity contribution is -0.116. The number of amides is 1. The van der Waals surface area contributed by atoms with Gasteiger partial charge in [0, 0.05) is 75.3 Å². The van der Waals surface area contributed by atoms with Crippen molar-refractivity contribution >= 4 is 34.0 Å². The van der Waals surface area contributed by atoms with Crippen molar-refractivity contribution in [1.82, 2.24) is 24.6 Å². The van der Waals surface area contributed by atoms with Gasteiger partial charge >= 0.3 is 6.01 Å². The number of ether oxygens (including phenoxy) is 1. The van der Waals surface area contributed by atoms with Gasteiger partial charge in [0.1, 0.15) is 30.2 Å². The van der Waals surface area contributed by atoms with E-state index in [0.717, 1.165) is 71.6 Å². The molecule has 0 aliphatic carbocycles. The van der Waals surface area contributed by atoms with Crippen LogP contribution in [0.3, 0.4) is 0 Å². The van der Waals surface area contributed by atoms with Gasteiger partial charge in [0.2, 0.25) is 5.91 Å². The zero-order chi connectivity index (χ0) is 34.7. The molecule has 2 atom stereocenters. The topological polar surface area (TPSA) is 103 Å². The maximum absolute atomic E-state index is 15.1. The van der Waals surface area contributed by atoms with Crippen molar-refractivity contribution in [2.24, 2.45) is 0 Å². The van der Waals surface area contributed by atoms with Crippen LogP contribution in [0.25, 0.3) is 10.8 Å². The van der Waals surface area contributed by atoms with Crippen LogP contribution in [-0.4, -0.2) is 87.2 Å². The van der Waals surface area contributed by atoms with Crippen molar-refractivity contribution in [2.45, 2.75) is 83.7 Å². The van der Waals surface area contributed by atoms with Crippen LogP contribution in [0, 0.1) is 5.82 Å². The molecule has 2 saturated heterocycles. The zero-order valence-corrected chi connectivity index (χ0v) is 29.0. The van der Waals surface area contributed by atoms with Crippen molar-refractivity contribution in [3.05, 3.63) is 58.7 Å². The van der Waals surface area contributed by atoms with Crippen molar-refractivity contribution in [2.75, 3.05) is 54.5 Å². The molecule has 2 aromatic heterocycles. The summed E-state index contributed by atoms with van der Waals surface area (Å²) in [5.74, 6) is 1.20. The van der Waals surface area contributed by atoms with E-state index in [4.69, 9.17) is 19.8 Å². The number of nitrogens with zero attached hydrogens (tertiary/aromatic N) is 8. The van der Waals surface area contributed by atoms with Gasteiger partial charge in [-0.25, -0.2) is 8.78 Å². The van der Waals surface area contributed by atoms with Gasteiger partial charge in [0.15, 0.2) is 5.82 Å². The number of aromatic hydroxyl groups is 1. The number of rotatable bonds is 7. The average Bonchev–Trinajstić information content (AvgIpc) is 3.73. The number of alkyl halides is 1. The van der Waals surface area contributed by atoms with Crippen LogP contribution >= 0.6 is 0 Å². The molecule has 2 fully saturated rings. The molecule has 0 radical (unpaired) electrons. The normalized spacial score (nSPS) is 22.0. The molecule has 4 aromatic rings. The maximum atomic E-state index is 15.1. The number of anilines is 3. The molecule has 1 N–H and O–H groups in total. The molecule has 4 aliphatic rings. The quantitative estimate of drug-likeness (QED) is 0.283. The number of halogens is 2. The molecule has 8 rings (SSSR count). The number of fused-ring (bicyclic) bond motifs is 4. The third-order valence-electron chi connectivity index (χ3n) is 11.2. The van der Waals surface area contributed by atoms with Crippen molar-refractivity contribution in [1.29, 1.82) is 0 Å². The highest BCUT2D eigenvalue weighted by atomic mass is 19.1. The van der Waals surface area contributed by atoms with E-state index in [1.807, 2.05) is 17.7 Å². The van der Waals surface area contributed by atoms with Crippen molar-refractivity contribution in [3.63, 3.8) is 0 Å². The second kappa shape index (κ2) is 12.7. The molecule has 264 valence electrons. The van der Waals surface area contributed by atoms with Crippen molar-refractivity contribution in [3.8, 4) is 11.8 Å². The smallest absolute Gasteiger partial charge is 0.318 e. The minimum atomic E-state index is -0.865. The lowest BCUT2D eigenvalue weighted by Crippen LogP contribution is -2.43. The van der Waals surface area contributed by atoms with Gasteiger partial charge in [0.25, 0.3) is 0 Å². The lowest BCUT2D eigenvalue weighted by Gasteiger charge is -2.35. The Morgan fingerprint density at radius 3 is 2.78 bits per heavy atom. The lowest BCUT2D eigenvalue weighted by atomic mass is 9.95. The number of benzene rings is 2. The summed E-state index contributed by atoms with van der Waals surface area (Å²) in [4.78, 5) is 30.4. The molecule has 2 aromatic carbocycles. The van der Waals surface area contributed by atoms with E-state index >= 15 is 4.39 Å². The average molecular weight is 687 g/mol. The number of carbonyl (C=O) groups is 1. The Morgan fingerprint density at radius 1 is 1.10 bits per heavy atom. The number of aromatic nitrogens is 4. The van der Waals surface area contributed by atoms with Gasteiger partial charge in [-0.1, -0.05) is 13.0 Å². The van der Waals surface area contributed by atoms with Crippen LogP contribution in [0.1, 0.15) is 62.0 Å². The van der Waals surface area contributed by atoms with Gasteiger partial charge in [-0.3, -0.25) is 19.3 Å². The van der Waals surface area contributed by atoms with E-state index < -0.39 is 6.17 Å². The zero-order valence-electron chi connectivity index (χ0n) is 29.0. The fraction of sp³-hybridized carbons (Fsp3) is 0.514. The van der Waals surface area contributed by atoms with Crippen molar-refractivity contribution < 1.29 is 23.4 Å². The van der Waals surface area contributed by atoms with Gasteiger partial charge in [-0.05, 0) is 61.7 Å². The molecule has 0 saturated carbocycles. The Balaban J connectivity index is 1.17. The number of phenolic OH excluding ortho intramolecular Hbond substituents is 1. The molecule has 4 aliphatic heterocycles. The van der Waals surface area contributed by atoms with Crippen LogP contribution in [0.2, 0.25) is 0 Å². The van der Waals surface area contributed by atoms with E-state index in [-0.39, 0.29) is 29.0 Å². The summed E-state index contributed by atoms with van der Waals surface area (Å²) in [6.45, 7) is 8.14. The molecule has 11 nitrogen and oxygen atoms in total. The summed E-state index contributed by atoms with van der Waals surface area (Å²) in [5, 5.41) is 17.0. The number of hydrogen-bond acceptors (Lipinski definition) is 9. The third-order valence-corrected chi connectivity index (χ3v) is 11.2. The standard InChI is InChI=1S/C37H44F2N8O3/c1-4-28-30(39)8-7-24-15-27(49)17-32(34(24)28)44-14-9-29-31(21-44)40-36(50-22-37-10-5-12-46(37)19-25(38)18-37)41-35(29)45-11-6-13-47-26(20-45)16-33(42-47)43(3)23(2)48/h7-8,15-17,25,49H,4-6,9-14,18-22H2,1-3H3/t25-,37?/m1/s1. The second-order valence-corrected chi connectivity index (χ2v) is 14.3. The van der Waals surface area contributed by atoms with Crippen LogP contribution in [0.15, 0.2) is 30.3 Å². The summed E-state index contributed by atoms with van der Waals surface area (Å²) in [6, 6.07) is 8.82. The predicted molar refractivity (Wildman–Crippen MR) is 187 cm³/mol. The molecule has 50 heavy (non-hydrogen) atoms. The Labute approximate surface area is 290 Å². The minimum Gasteiger partial charge on any atom is -0.508 e. The highest BCUT2D eigenvalue weighted by Crippen LogP contribution is 2.42. The SMILES string of the molecule is CCc1c(F)ccc2cc(O)cc(N3CCc4c(nc(OCC56CCCN5C[C@H](F)C6)nc4N4CCCn5nc(N(C)C(C)=O)cc5C4)C3)c12. The molecule has 1 unspecified atom stereocenters. The Hall–Kier alpha value is -4.52. The van der Waals surface area contributed by atoms with E-state index in [2.05, 4.69) is 14.7 Å². The summed E-state index contributed by atoms with van der Waals surface area (Å²) in [7, 11) is 1.73. The van der Waals surface area contributed by atoms with Gasteiger partial charge in [-0.2, -0.15) is 15.1 Å². The van der Waals surface area contributed by atoms with Gasteiger partial charge in [0.05, 0.1) is 30.0 Å². The summed E-state index contributed by atoms with van der Waals surface area (Å²) in [6.07, 6.45) is 3.46. The first-order valence-corrected chi connectivity index (χ1v) is 17.8. The van der Waals surface area contributed by atoms with E-state index in [1.165, 1.54) is 13.0 Å². The van der Waals surface area contributed by atoms with E-state index in [9.17, 15) is 14.3 Å². The first-order valence-electron chi connectivity index (χ1n) is 17.8. The first kappa shape index (κ1) is 32.7. The maximum Gasteiger partial charge on any atom is 0.318 e. The number of carbonyl (C=O) groups excluding carboxylic acids is 1. The second-order valence-electron chi connectivity index (χ2n) is 14.3. The van der Waals surface area contributed by atoms with E-state index in [1.54, 1.807) is 30.1 Å². The van der Waals surface area contributed by atoms with Crippen LogP contribution in [-0.2, 0) is 37.3 Å². The van der Waals surface area contributed by atoms with Crippen LogP contribution < -0.4 is 19.4 Å². The first-order chi connectivity index (χ1) is 24.1. The minimum absolute atomic E-state index is 0.0821. The molecule has 1 amide bonds. The van der Waals surface area contributed by atoms with Gasteiger partial charge in [-0.15, -0.1) is 0 Å². The molecule has 13 heteroatoms. The third kappa shape index (κ3) is 5.69. The highest BCUT2D eigenvalue weighted by molar-refractivity contribution is 5.98. The summed E-state index contributed by atoms with van der Waals surface area (Å²) >= 11 is 0. The largest absolute Gasteiger partial charge is 0.508 e. The Morgan fingerprint density at radius 2 is 1.96 bits per heavy atom. The summed E-state index contributed by atoms with van der Waals surface area (Å²) in [5.41, 5.74) is 3.87. The fourth-order valence-corrected chi connectivity index (χ4v) is 8.59. The molecular weight excluding hydrogens is 642 g/mol. The molecule has 0 spiro atoms. The Bertz CT molecular complexity index is 1970. The Kier molecular flexibility index (Phi) is 8.28. The predicted octanol–water partition coefficient (Wildman–Crippen LogP) is 5.14. The number of aryl methyl sites for hydroxylation is 2.